The van der Waals surface area contributed by atoms with E-state index in [2.05, 4.69) is 10.5 Å². The minimum Gasteiger partial charge on any atom is -0.310 e. The zero-order valence-corrected chi connectivity index (χ0v) is 4.18. The summed E-state index contributed by atoms with van der Waals surface area (Å²) in [6.07, 6.45) is 2.97. The van der Waals surface area contributed by atoms with Gasteiger partial charge in [0, 0.05) is 36.2 Å². The van der Waals surface area contributed by atoms with Gasteiger partial charge >= 0.3 is 0 Å². The number of hydrazone groups is 1. The summed E-state index contributed by atoms with van der Waals surface area (Å²) in [5, 5.41) is 3.71. The van der Waals surface area contributed by atoms with Crippen LogP contribution in [0.5, 0.6) is 0 Å². The predicted molar refractivity (Wildman–Crippen MR) is 21.1 cm³/mol. The van der Waals surface area contributed by atoms with Crippen LogP contribution < -0.4 is 5.43 Å². The van der Waals surface area contributed by atoms with Gasteiger partial charge in [-0.3, -0.25) is 0 Å². The second-order valence-corrected chi connectivity index (χ2v) is 1.01. The topological polar surface area (TPSA) is 24.4 Å². The maximum Gasteiger partial charge on any atom is 0.0379 e. The molecule has 1 N–H and O–H groups in total. The molecule has 6 heavy (non-hydrogen) atoms. The maximum atomic E-state index is 3.71. The van der Waals surface area contributed by atoms with E-state index in [1.54, 1.807) is 0 Å². The van der Waals surface area contributed by atoms with E-state index in [-0.39, 0.29) is 17.1 Å². The zero-order valence-electron chi connectivity index (χ0n) is 3.24. The Morgan fingerprint density at radius 1 is 1.67 bits per heavy atom. The molecule has 0 aliphatic carbocycles. The first-order chi connectivity index (χ1) is 2.50. The van der Waals surface area contributed by atoms with Crippen LogP contribution in [0.4, 0.5) is 0 Å². The number of nitrogens with zero attached hydrogens (tertiary/aromatic N) is 1. The third-order valence-corrected chi connectivity index (χ3v) is 0.568. The van der Waals surface area contributed by atoms with Crippen LogP contribution in [-0.2, 0) is 17.1 Å². The fourth-order valence-corrected chi connectivity index (χ4v) is 0.323. The molecule has 1 radical (unpaired) electrons. The molecule has 1 aliphatic heterocycles. The molecule has 0 atom stereocenters. The number of hydrogen-bond acceptors (Lipinski definition) is 2. The molecule has 39 valence electrons. The van der Waals surface area contributed by atoms with E-state index in [0.717, 1.165) is 13.0 Å². The van der Waals surface area contributed by atoms with Gasteiger partial charge in [-0.15, -0.1) is 0 Å². The van der Waals surface area contributed by atoms with Gasteiger partial charge in [-0.1, -0.05) is 0 Å². The van der Waals surface area contributed by atoms with Crippen molar-refractivity contribution in [3.8, 4) is 0 Å². The van der Waals surface area contributed by atoms with Crippen molar-refractivity contribution in [3.05, 3.63) is 0 Å². The van der Waals surface area contributed by atoms with Gasteiger partial charge in [0.2, 0.25) is 0 Å². The normalized spacial score (nSPS) is 16.0. The number of hydrogen-bond donors (Lipinski definition) is 1. The maximum absolute atomic E-state index is 3.71. The van der Waals surface area contributed by atoms with Crippen LogP contribution in [0.3, 0.4) is 0 Å². The van der Waals surface area contributed by atoms with Crippen LogP contribution in [0.15, 0.2) is 5.10 Å². The Bertz CT molecular complexity index is 46.8. The second-order valence-electron chi connectivity index (χ2n) is 1.01. The fraction of sp³-hybridized carbons (Fsp3) is 0.667. The molecule has 0 aromatic rings. The number of nitrogens with one attached hydrogen (secondary N) is 1. The number of rotatable bonds is 0. The van der Waals surface area contributed by atoms with Crippen molar-refractivity contribution in [1.29, 1.82) is 0 Å². The molecule has 0 amide bonds. The molecule has 0 fully saturated rings. The average molecular weight is 134 g/mol. The standard InChI is InChI=1S/C3H6N2.Cu/c1-2-4-5-3-1;/h2,5H,1,3H2;. The quantitative estimate of drug-likeness (QED) is 0.461. The van der Waals surface area contributed by atoms with Crippen molar-refractivity contribution in [3.63, 3.8) is 0 Å². The average Bonchev–Trinajstić information content (AvgIpc) is 1.76. The van der Waals surface area contributed by atoms with Gasteiger partial charge in [0.1, 0.15) is 0 Å². The van der Waals surface area contributed by atoms with Crippen molar-refractivity contribution in [2.75, 3.05) is 6.54 Å². The van der Waals surface area contributed by atoms with Gasteiger partial charge in [-0.2, -0.15) is 5.10 Å². The Morgan fingerprint density at radius 3 is 2.67 bits per heavy atom. The Kier molecular flexibility index (Phi) is 3.18. The summed E-state index contributed by atoms with van der Waals surface area (Å²) in [6.45, 7) is 1.03. The third kappa shape index (κ3) is 1.43. The van der Waals surface area contributed by atoms with E-state index < -0.39 is 0 Å². The first-order valence-corrected chi connectivity index (χ1v) is 1.74. The summed E-state index contributed by atoms with van der Waals surface area (Å²) in [4.78, 5) is 0. The molecule has 1 heterocycles. The van der Waals surface area contributed by atoms with Gasteiger partial charge < -0.3 is 5.43 Å². The van der Waals surface area contributed by atoms with Crippen molar-refractivity contribution >= 4 is 6.21 Å². The van der Waals surface area contributed by atoms with Crippen LogP contribution in [0, 0.1) is 0 Å². The largest absolute Gasteiger partial charge is 0.310 e. The molecule has 1 aliphatic rings. The van der Waals surface area contributed by atoms with E-state index in [9.17, 15) is 0 Å². The van der Waals surface area contributed by atoms with E-state index in [0.29, 0.717) is 0 Å². The van der Waals surface area contributed by atoms with Gasteiger partial charge in [0.25, 0.3) is 0 Å². The van der Waals surface area contributed by atoms with Gasteiger partial charge in [-0.25, -0.2) is 0 Å². The first kappa shape index (κ1) is 5.99. The van der Waals surface area contributed by atoms with Gasteiger partial charge in [0.05, 0.1) is 0 Å². The summed E-state index contributed by atoms with van der Waals surface area (Å²) in [7, 11) is 0. The van der Waals surface area contributed by atoms with Gasteiger partial charge in [0.15, 0.2) is 0 Å². The fourth-order valence-electron chi connectivity index (χ4n) is 0.323. The summed E-state index contributed by atoms with van der Waals surface area (Å²) >= 11 is 0. The molecular weight excluding hydrogens is 128 g/mol. The molecular formula is C3H6CuN2. The van der Waals surface area contributed by atoms with Crippen LogP contribution in [0.25, 0.3) is 0 Å². The zero-order chi connectivity index (χ0) is 3.54. The Balaban J connectivity index is 0.000000250. The summed E-state index contributed by atoms with van der Waals surface area (Å²) in [6, 6.07) is 0. The van der Waals surface area contributed by atoms with Crippen LogP contribution in [0.1, 0.15) is 6.42 Å². The molecule has 0 saturated carbocycles. The van der Waals surface area contributed by atoms with E-state index in [1.807, 2.05) is 6.21 Å². The van der Waals surface area contributed by atoms with Crippen LogP contribution in [-0.4, -0.2) is 12.8 Å². The SMILES string of the molecule is C1=NNCC1.[Cu]. The summed E-state index contributed by atoms with van der Waals surface area (Å²) in [5.74, 6) is 0. The second kappa shape index (κ2) is 3.19. The molecule has 0 bridgehead atoms. The van der Waals surface area contributed by atoms with E-state index in [4.69, 9.17) is 0 Å². The van der Waals surface area contributed by atoms with Crippen molar-refractivity contribution < 1.29 is 17.1 Å². The van der Waals surface area contributed by atoms with E-state index >= 15 is 0 Å². The van der Waals surface area contributed by atoms with Crippen molar-refractivity contribution in [2.24, 2.45) is 5.10 Å². The minimum atomic E-state index is 0. The molecule has 0 aromatic heterocycles. The molecule has 0 unspecified atom stereocenters. The minimum absolute atomic E-state index is 0. The molecule has 0 saturated heterocycles. The Labute approximate surface area is 47.5 Å². The molecule has 2 nitrogen and oxygen atoms in total. The van der Waals surface area contributed by atoms with Crippen LogP contribution in [0.2, 0.25) is 0 Å². The monoisotopic (exact) mass is 133 g/mol. The predicted octanol–water partition coefficient (Wildman–Crippen LogP) is -0.0370. The molecule has 3 heteroatoms. The van der Waals surface area contributed by atoms with Crippen molar-refractivity contribution in [1.82, 2.24) is 5.43 Å². The van der Waals surface area contributed by atoms with Crippen molar-refractivity contribution in [2.45, 2.75) is 6.42 Å². The first-order valence-electron chi connectivity index (χ1n) is 1.74. The molecule has 0 aromatic carbocycles. The molecule has 1 rings (SSSR count). The van der Waals surface area contributed by atoms with Crippen LogP contribution >= 0.6 is 0 Å². The third-order valence-electron chi connectivity index (χ3n) is 0.568. The van der Waals surface area contributed by atoms with E-state index in [1.165, 1.54) is 0 Å². The summed E-state index contributed by atoms with van der Waals surface area (Å²) in [5.41, 5.74) is 2.79. The molecule has 0 spiro atoms. The summed E-state index contributed by atoms with van der Waals surface area (Å²) < 4.78 is 0. The van der Waals surface area contributed by atoms with Gasteiger partial charge in [-0.05, 0) is 0 Å². The smallest absolute Gasteiger partial charge is 0.0379 e. The Hall–Kier alpha value is -0.0105. The Morgan fingerprint density at radius 2 is 2.50 bits per heavy atom.